The van der Waals surface area contributed by atoms with E-state index in [9.17, 15) is 0 Å². The average molecular weight is 1550 g/mol. The van der Waals surface area contributed by atoms with Gasteiger partial charge in [-0.15, -0.1) is 22.7 Å². The van der Waals surface area contributed by atoms with E-state index in [1.807, 2.05) is 22.7 Å². The SMILES string of the molecule is CC(C)(C)c1ccc(N2c3cc4c(cc3B3c5sc6ccc(C(C)(C)C)cc6c5N(c5ccc(C(C)(C)C)cc5)c5cc(N(c6ccccc6)c6ccccc6)cc2c53)B2c3sc5ccc(C(C)(C)C)cc5c3N(c3ccc(C(C)(C)C)cc3)c3cc(N(c5ccccc5)c5ccccc5)cc(c32)N4c2ccc(C(C)(C)C)cc2)cc1. The molecule has 0 amide bonds. The highest BCUT2D eigenvalue weighted by molar-refractivity contribution is 7.35. The van der Waals surface area contributed by atoms with Gasteiger partial charge in [-0.1, -0.05) is 264 Å². The van der Waals surface area contributed by atoms with Crippen LogP contribution in [0.2, 0.25) is 0 Å². The zero-order valence-corrected chi connectivity index (χ0v) is 72.0. The van der Waals surface area contributed by atoms with Crippen molar-refractivity contribution >= 4 is 190 Å². The maximum atomic E-state index is 2.75. The molecule has 6 heterocycles. The van der Waals surface area contributed by atoms with Crippen LogP contribution >= 0.6 is 22.7 Å². The summed E-state index contributed by atoms with van der Waals surface area (Å²) in [4.78, 5) is 15.7. The Kier molecular flexibility index (Phi) is 17.5. The molecule has 13 aromatic carbocycles. The van der Waals surface area contributed by atoms with E-state index in [4.69, 9.17) is 0 Å². The van der Waals surface area contributed by atoms with E-state index >= 15 is 0 Å². The van der Waals surface area contributed by atoms with Crippen molar-refractivity contribution < 1.29 is 0 Å². The molecule has 15 aromatic rings. The molecule has 2 aromatic heterocycles. The van der Waals surface area contributed by atoms with Crippen molar-refractivity contribution in [2.45, 2.75) is 157 Å². The van der Waals surface area contributed by atoms with E-state index in [2.05, 4.69) is 445 Å². The normalized spacial score (nSPS) is 13.8. The van der Waals surface area contributed by atoms with Crippen molar-refractivity contribution in [3.8, 4) is 0 Å². The Morgan fingerprint density at radius 1 is 0.233 bits per heavy atom. The molecule has 4 aliphatic rings. The van der Waals surface area contributed by atoms with Crippen LogP contribution < -0.4 is 60.8 Å². The Labute approximate surface area is 696 Å². The summed E-state index contributed by atoms with van der Waals surface area (Å²) in [5, 5.41) is 2.54. The van der Waals surface area contributed by atoms with Gasteiger partial charge < -0.3 is 29.4 Å². The fraction of sp³-hybridized carbons (Fsp3) is 0.226. The van der Waals surface area contributed by atoms with Crippen molar-refractivity contribution in [1.82, 2.24) is 0 Å². The number of fused-ring (bicyclic) bond motifs is 12. The summed E-state index contributed by atoms with van der Waals surface area (Å²) in [6.45, 7) is 41.7. The number of hydrogen-bond acceptors (Lipinski definition) is 8. The van der Waals surface area contributed by atoms with Crippen molar-refractivity contribution in [2.24, 2.45) is 0 Å². The molecule has 0 atom stereocenters. The highest BCUT2D eigenvalue weighted by Gasteiger charge is 2.51. The van der Waals surface area contributed by atoms with Crippen molar-refractivity contribution in [2.75, 3.05) is 29.4 Å². The molecule has 4 aliphatic heterocycles. The second-order valence-electron chi connectivity index (χ2n) is 38.7. The van der Waals surface area contributed by atoms with Crippen LogP contribution in [0.15, 0.2) is 291 Å². The standard InChI is InChI=1S/C106H102B2N6S2/c1-101(2,3)67-39-49-77(50-40-67)111-87-66-88-86(65-85(87)107-95-89(111)61-81(109(73-31-23-19-24-32-73)74-33-25-20-26-34-74)63-91(95)113(79-53-43-69(44-54-79)103(7,8)9)97-83-59-71(105(13,14)15)47-57-93(83)115-99(97)107)108-96-90(112(88)78-51-41-68(42-52-78)102(4,5)6)62-82(110(75-35-27-21-28-36-75)76-37-29-22-30-38-76)64-92(96)114(80-55-45-70(46-56-80)104(10,11)12)98-84-60-72(106(16,17)18)48-58-94(84)116-100(98)108/h19-66H,1-18H3. The molecule has 0 bridgehead atoms. The monoisotopic (exact) mass is 1540 g/mol. The van der Waals surface area contributed by atoms with Gasteiger partial charge in [-0.05, 0) is 239 Å². The van der Waals surface area contributed by atoms with Crippen LogP contribution in [0.25, 0.3) is 20.2 Å². The Morgan fingerprint density at radius 3 is 0.750 bits per heavy atom. The Hall–Kier alpha value is -11.3. The molecule has 0 fully saturated rings. The van der Waals surface area contributed by atoms with E-state index in [1.54, 1.807) is 0 Å². The molecule has 574 valence electrons. The third-order valence-electron chi connectivity index (χ3n) is 24.7. The van der Waals surface area contributed by atoms with Gasteiger partial charge in [-0.3, -0.25) is 0 Å². The predicted octanol–water partition coefficient (Wildman–Crippen LogP) is 27.0. The number of para-hydroxylation sites is 4. The molecule has 19 rings (SSSR count). The minimum atomic E-state index is -0.234. The van der Waals surface area contributed by atoms with E-state index in [1.165, 1.54) is 96.3 Å². The number of benzene rings is 13. The van der Waals surface area contributed by atoms with E-state index in [0.717, 1.165) is 91.0 Å². The van der Waals surface area contributed by atoms with Gasteiger partial charge >= 0.3 is 0 Å². The van der Waals surface area contributed by atoms with Gasteiger partial charge in [0.25, 0.3) is 13.4 Å². The summed E-state index contributed by atoms with van der Waals surface area (Å²) in [6.07, 6.45) is 0. The third kappa shape index (κ3) is 12.6. The molecule has 0 saturated carbocycles. The van der Waals surface area contributed by atoms with Crippen LogP contribution in [-0.2, 0) is 32.5 Å². The van der Waals surface area contributed by atoms with E-state index in [0.29, 0.717) is 0 Å². The number of hydrogen-bond donors (Lipinski definition) is 0. The number of thiophene rings is 2. The van der Waals surface area contributed by atoms with Crippen LogP contribution in [0, 0.1) is 0 Å². The zero-order valence-electron chi connectivity index (χ0n) is 70.4. The smallest absolute Gasteiger partial charge is 0.264 e. The van der Waals surface area contributed by atoms with Gasteiger partial charge in [0, 0.05) is 109 Å². The van der Waals surface area contributed by atoms with Crippen molar-refractivity contribution in [3.05, 3.63) is 325 Å². The number of anilines is 18. The molecule has 6 nitrogen and oxygen atoms in total. The first-order chi connectivity index (χ1) is 55.3. The van der Waals surface area contributed by atoms with Crippen LogP contribution in [-0.4, -0.2) is 13.4 Å². The second kappa shape index (κ2) is 27.2. The predicted molar refractivity (Wildman–Crippen MR) is 507 cm³/mol. The molecule has 0 aliphatic carbocycles. The first kappa shape index (κ1) is 74.8. The fourth-order valence-electron chi connectivity index (χ4n) is 18.4. The maximum absolute atomic E-state index is 2.75. The molecule has 0 unspecified atom stereocenters. The summed E-state index contributed by atoms with van der Waals surface area (Å²) in [6, 6.07) is 113. The molecule has 10 heteroatoms. The molecule has 0 N–H and O–H groups in total. The lowest BCUT2D eigenvalue weighted by Crippen LogP contribution is -2.64. The van der Waals surface area contributed by atoms with Crippen LogP contribution in [0.4, 0.5) is 102 Å². The zero-order chi connectivity index (χ0) is 80.6. The Bertz CT molecular complexity index is 5870. The third-order valence-corrected chi connectivity index (χ3v) is 27.1. The summed E-state index contributed by atoms with van der Waals surface area (Å²) in [5.74, 6) is 0. The largest absolute Gasteiger partial charge is 0.311 e. The van der Waals surface area contributed by atoms with Gasteiger partial charge in [-0.2, -0.15) is 0 Å². The topological polar surface area (TPSA) is 19.4 Å². The van der Waals surface area contributed by atoms with Gasteiger partial charge in [0.2, 0.25) is 0 Å². The van der Waals surface area contributed by atoms with E-state index in [-0.39, 0.29) is 45.9 Å². The Morgan fingerprint density at radius 2 is 0.483 bits per heavy atom. The first-order valence-corrected chi connectivity index (χ1v) is 43.1. The second-order valence-corrected chi connectivity index (χ2v) is 40.9. The van der Waals surface area contributed by atoms with Crippen molar-refractivity contribution in [1.29, 1.82) is 0 Å². The van der Waals surface area contributed by atoms with Crippen molar-refractivity contribution in [3.63, 3.8) is 0 Å². The lowest BCUT2D eigenvalue weighted by Gasteiger charge is -2.47. The number of nitrogens with zero attached hydrogens (tertiary/aromatic N) is 6. The van der Waals surface area contributed by atoms with E-state index < -0.39 is 0 Å². The number of rotatable bonds is 10. The lowest BCUT2D eigenvalue weighted by atomic mass is 9.32. The first-order valence-electron chi connectivity index (χ1n) is 41.4. The maximum Gasteiger partial charge on any atom is 0.264 e. The molecule has 0 saturated heterocycles. The molecular weight excluding hydrogens is 1440 g/mol. The van der Waals surface area contributed by atoms with Gasteiger partial charge in [0.15, 0.2) is 0 Å². The summed E-state index contributed by atoms with van der Waals surface area (Å²) in [5.41, 5.74) is 32.6. The van der Waals surface area contributed by atoms with Crippen LogP contribution in [0.3, 0.4) is 0 Å². The molecule has 116 heavy (non-hydrogen) atoms. The van der Waals surface area contributed by atoms with Gasteiger partial charge in [-0.25, -0.2) is 0 Å². The van der Waals surface area contributed by atoms with Crippen LogP contribution in [0.5, 0.6) is 0 Å². The average Bonchev–Trinajstić information content (AvgIpc) is 1.27. The molecular formula is C106H102B2N6S2. The highest BCUT2D eigenvalue weighted by atomic mass is 32.1. The summed E-state index contributed by atoms with van der Waals surface area (Å²) < 4.78 is 5.22. The lowest BCUT2D eigenvalue weighted by molar-refractivity contribution is 0.590. The van der Waals surface area contributed by atoms with Gasteiger partial charge in [0.1, 0.15) is 0 Å². The minimum Gasteiger partial charge on any atom is -0.311 e. The molecule has 0 radical (unpaired) electrons. The van der Waals surface area contributed by atoms with Gasteiger partial charge in [0.05, 0.1) is 22.7 Å². The summed E-state index contributed by atoms with van der Waals surface area (Å²) >= 11 is 3.97. The van der Waals surface area contributed by atoms with Crippen LogP contribution in [0.1, 0.15) is 158 Å². The quantitative estimate of drug-likeness (QED) is 0.126. The molecule has 0 spiro atoms. The highest BCUT2D eigenvalue weighted by Crippen LogP contribution is 2.56. The summed E-state index contributed by atoms with van der Waals surface area (Å²) in [7, 11) is 0. The minimum absolute atomic E-state index is 0.0653. The fourth-order valence-corrected chi connectivity index (χ4v) is 21.0. The Balaban J connectivity index is 0.991.